The number of aryl methyl sites for hydroxylation is 1. The van der Waals surface area contributed by atoms with Crippen molar-refractivity contribution in [2.75, 3.05) is 19.6 Å². The molecule has 3 heterocycles. The van der Waals surface area contributed by atoms with Gasteiger partial charge in [-0.25, -0.2) is 0 Å². The van der Waals surface area contributed by atoms with Crippen molar-refractivity contribution in [3.05, 3.63) is 41.4 Å². The van der Waals surface area contributed by atoms with Crippen LogP contribution in [0.2, 0.25) is 0 Å². The van der Waals surface area contributed by atoms with Gasteiger partial charge in [-0.05, 0) is 31.9 Å². The van der Waals surface area contributed by atoms with Crippen molar-refractivity contribution in [1.29, 1.82) is 5.26 Å². The summed E-state index contributed by atoms with van der Waals surface area (Å²) in [6, 6.07) is 5.71. The number of nitriles is 1. The number of nitrogens with one attached hydrogen (secondary N) is 1. The molecule has 1 aliphatic heterocycles. The Morgan fingerprint density at radius 3 is 2.58 bits per heavy atom. The maximum Gasteiger partial charge on any atom is 0.256 e. The van der Waals surface area contributed by atoms with Gasteiger partial charge in [-0.15, -0.1) is 0 Å². The van der Waals surface area contributed by atoms with Crippen LogP contribution >= 0.6 is 0 Å². The van der Waals surface area contributed by atoms with Gasteiger partial charge in [0, 0.05) is 31.5 Å². The first kappa shape index (κ1) is 17.8. The molecule has 0 unspecified atom stereocenters. The zero-order valence-corrected chi connectivity index (χ0v) is 14.6. The summed E-state index contributed by atoms with van der Waals surface area (Å²) in [4.78, 5) is 25.7. The number of nitrogens with two attached hydrogens (primary N) is 1. The summed E-state index contributed by atoms with van der Waals surface area (Å²) in [5, 5.41) is 12.5. The fourth-order valence-electron chi connectivity index (χ4n) is 3.27. The molecule has 3 rings (SSSR count). The van der Waals surface area contributed by atoms with Gasteiger partial charge in [0.1, 0.15) is 23.0 Å². The van der Waals surface area contributed by atoms with Gasteiger partial charge in [0.2, 0.25) is 11.8 Å². The number of aromatic nitrogens is 1. The normalized spacial score (nSPS) is 15.5. The molecular formula is C18H21N5O3. The average Bonchev–Trinajstić information content (AvgIpc) is 3.23. The van der Waals surface area contributed by atoms with E-state index in [1.165, 1.54) is 0 Å². The average molecular weight is 355 g/mol. The van der Waals surface area contributed by atoms with Gasteiger partial charge >= 0.3 is 0 Å². The molecule has 8 nitrogen and oxygen atoms in total. The Bertz CT molecular complexity index is 839. The first-order chi connectivity index (χ1) is 12.5. The van der Waals surface area contributed by atoms with E-state index >= 15 is 0 Å². The summed E-state index contributed by atoms with van der Waals surface area (Å²) in [6.07, 6.45) is 4.97. The van der Waals surface area contributed by atoms with Gasteiger partial charge < -0.3 is 15.5 Å². The molecule has 2 aromatic heterocycles. The minimum atomic E-state index is -0.349. The fourth-order valence-corrected chi connectivity index (χ4v) is 3.27. The summed E-state index contributed by atoms with van der Waals surface area (Å²) >= 11 is 0. The Labute approximate surface area is 151 Å². The molecule has 26 heavy (non-hydrogen) atoms. The van der Waals surface area contributed by atoms with Crippen molar-refractivity contribution in [3.63, 3.8) is 0 Å². The van der Waals surface area contributed by atoms with Gasteiger partial charge in [-0.3, -0.25) is 19.1 Å². The molecule has 0 atom stereocenters. The quantitative estimate of drug-likeness (QED) is 0.827. The summed E-state index contributed by atoms with van der Waals surface area (Å²) in [7, 11) is 0. The second-order valence-corrected chi connectivity index (χ2v) is 6.41. The number of primary amides is 1. The number of carbonyl (C=O) groups excluding carboxylic acids is 2. The topological polar surface area (TPSA) is 117 Å². The lowest BCUT2D eigenvalue weighted by Gasteiger charge is -2.31. The largest absolute Gasteiger partial charge is 0.443 e. The highest BCUT2D eigenvalue weighted by Crippen LogP contribution is 2.25. The molecule has 0 spiro atoms. The second kappa shape index (κ2) is 7.45. The molecule has 136 valence electrons. The standard InChI is InChI=1S/C18H21N5O3/c1-12-16(14(10-19)18(26-12)23-6-2-3-7-23)17(25)21-13-4-8-22(9-5-13)11-15(20)24/h2-3,6-7,13H,4-5,8-9,11H2,1H3,(H2,20,24)(H,21,25). The number of amides is 2. The summed E-state index contributed by atoms with van der Waals surface area (Å²) in [6.45, 7) is 3.30. The minimum Gasteiger partial charge on any atom is -0.443 e. The molecule has 2 aromatic rings. The zero-order valence-electron chi connectivity index (χ0n) is 14.6. The van der Waals surface area contributed by atoms with Gasteiger partial charge in [0.15, 0.2) is 0 Å². The molecule has 0 saturated carbocycles. The molecule has 3 N–H and O–H groups in total. The zero-order chi connectivity index (χ0) is 18.7. The highest BCUT2D eigenvalue weighted by atomic mass is 16.4. The third-order valence-electron chi connectivity index (χ3n) is 4.55. The maximum atomic E-state index is 12.7. The van der Waals surface area contributed by atoms with Crippen molar-refractivity contribution < 1.29 is 14.0 Å². The lowest BCUT2D eigenvalue weighted by molar-refractivity contribution is -0.119. The van der Waals surface area contributed by atoms with Crippen molar-refractivity contribution in [2.24, 2.45) is 5.73 Å². The first-order valence-electron chi connectivity index (χ1n) is 8.48. The Balaban J connectivity index is 1.71. The predicted molar refractivity (Wildman–Crippen MR) is 93.6 cm³/mol. The van der Waals surface area contributed by atoms with E-state index in [9.17, 15) is 14.9 Å². The van der Waals surface area contributed by atoms with E-state index in [4.69, 9.17) is 10.2 Å². The SMILES string of the molecule is Cc1oc(-n2cccc2)c(C#N)c1C(=O)NC1CCN(CC(N)=O)CC1. The van der Waals surface area contributed by atoms with E-state index < -0.39 is 0 Å². The Hall–Kier alpha value is -3.05. The Kier molecular flexibility index (Phi) is 5.09. The van der Waals surface area contributed by atoms with Crippen LogP contribution in [-0.2, 0) is 4.79 Å². The van der Waals surface area contributed by atoms with Gasteiger partial charge in [0.25, 0.3) is 5.91 Å². The number of piperidine rings is 1. The lowest BCUT2D eigenvalue weighted by Crippen LogP contribution is -2.46. The van der Waals surface area contributed by atoms with E-state index in [1.807, 2.05) is 17.0 Å². The van der Waals surface area contributed by atoms with Crippen LogP contribution in [0, 0.1) is 18.3 Å². The second-order valence-electron chi connectivity index (χ2n) is 6.41. The molecule has 0 bridgehead atoms. The number of hydrogen-bond acceptors (Lipinski definition) is 5. The molecule has 1 aliphatic rings. The highest BCUT2D eigenvalue weighted by Gasteiger charge is 2.27. The summed E-state index contributed by atoms with van der Waals surface area (Å²) in [5.74, 6) is 0.0950. The maximum absolute atomic E-state index is 12.7. The Morgan fingerprint density at radius 2 is 2.00 bits per heavy atom. The fraction of sp³-hybridized carbons (Fsp3) is 0.389. The van der Waals surface area contributed by atoms with E-state index in [0.29, 0.717) is 24.7 Å². The van der Waals surface area contributed by atoms with Crippen molar-refractivity contribution in [2.45, 2.75) is 25.8 Å². The van der Waals surface area contributed by atoms with Crippen LogP contribution in [0.4, 0.5) is 0 Å². The number of likely N-dealkylation sites (tertiary alicyclic amines) is 1. The van der Waals surface area contributed by atoms with Gasteiger partial charge in [0.05, 0.1) is 6.54 Å². The van der Waals surface area contributed by atoms with E-state index in [0.717, 1.165) is 12.8 Å². The van der Waals surface area contributed by atoms with Crippen molar-refractivity contribution in [3.8, 4) is 12.0 Å². The lowest BCUT2D eigenvalue weighted by atomic mass is 10.0. The Morgan fingerprint density at radius 1 is 1.35 bits per heavy atom. The highest BCUT2D eigenvalue weighted by molar-refractivity contribution is 5.98. The number of nitrogens with zero attached hydrogens (tertiary/aromatic N) is 3. The smallest absolute Gasteiger partial charge is 0.256 e. The number of furan rings is 1. The number of rotatable bonds is 5. The van der Waals surface area contributed by atoms with Crippen LogP contribution in [-0.4, -0.2) is 47.0 Å². The van der Waals surface area contributed by atoms with Crippen molar-refractivity contribution >= 4 is 11.8 Å². The van der Waals surface area contributed by atoms with Crippen LogP contribution in [0.1, 0.15) is 34.5 Å². The molecular weight excluding hydrogens is 334 g/mol. The van der Waals surface area contributed by atoms with Crippen LogP contribution in [0.15, 0.2) is 28.9 Å². The molecule has 0 aliphatic carbocycles. The third-order valence-corrected chi connectivity index (χ3v) is 4.55. The predicted octanol–water partition coefficient (Wildman–Crippen LogP) is 0.930. The number of hydrogen-bond donors (Lipinski definition) is 2. The van der Waals surface area contributed by atoms with Gasteiger partial charge in [-0.2, -0.15) is 5.26 Å². The number of carbonyl (C=O) groups is 2. The van der Waals surface area contributed by atoms with E-state index in [1.54, 1.807) is 23.9 Å². The van der Waals surface area contributed by atoms with Crippen LogP contribution in [0.3, 0.4) is 0 Å². The molecule has 8 heteroatoms. The van der Waals surface area contributed by atoms with Gasteiger partial charge in [-0.1, -0.05) is 0 Å². The van der Waals surface area contributed by atoms with Crippen molar-refractivity contribution in [1.82, 2.24) is 14.8 Å². The first-order valence-corrected chi connectivity index (χ1v) is 8.48. The van der Waals surface area contributed by atoms with E-state index in [-0.39, 0.29) is 35.5 Å². The molecule has 0 aromatic carbocycles. The van der Waals surface area contributed by atoms with E-state index in [2.05, 4.69) is 11.4 Å². The monoisotopic (exact) mass is 355 g/mol. The minimum absolute atomic E-state index is 0.0116. The summed E-state index contributed by atoms with van der Waals surface area (Å²) < 4.78 is 7.34. The third kappa shape index (κ3) is 3.63. The molecule has 1 fully saturated rings. The molecule has 1 saturated heterocycles. The van der Waals surface area contributed by atoms with Crippen LogP contribution in [0.5, 0.6) is 0 Å². The van der Waals surface area contributed by atoms with Crippen LogP contribution < -0.4 is 11.1 Å². The molecule has 2 amide bonds. The summed E-state index contributed by atoms with van der Waals surface area (Å²) in [5.41, 5.74) is 5.71. The van der Waals surface area contributed by atoms with Crippen LogP contribution in [0.25, 0.3) is 5.88 Å². The molecule has 0 radical (unpaired) electrons.